The van der Waals surface area contributed by atoms with E-state index in [1.54, 1.807) is 17.4 Å². The van der Waals surface area contributed by atoms with Crippen LogP contribution in [0.15, 0.2) is 29.6 Å². The van der Waals surface area contributed by atoms with E-state index < -0.39 is 5.60 Å². The largest absolute Gasteiger partial charge is 0.508 e. The van der Waals surface area contributed by atoms with Gasteiger partial charge in [0.15, 0.2) is 0 Å². The van der Waals surface area contributed by atoms with Crippen LogP contribution in [-0.2, 0) is 18.7 Å². The first-order valence-corrected chi connectivity index (χ1v) is 10.3. The number of nitrogens with zero attached hydrogens (tertiary/aromatic N) is 3. The summed E-state index contributed by atoms with van der Waals surface area (Å²) in [7, 11) is 0. The van der Waals surface area contributed by atoms with Crippen LogP contribution < -0.4 is 0 Å². The minimum atomic E-state index is -0.826. The highest BCUT2D eigenvalue weighted by molar-refractivity contribution is 7.09. The molecule has 1 saturated heterocycles. The third-order valence-electron chi connectivity index (χ3n) is 5.35. The van der Waals surface area contributed by atoms with Crippen molar-refractivity contribution in [2.75, 3.05) is 26.2 Å². The Labute approximate surface area is 159 Å². The van der Waals surface area contributed by atoms with Crippen LogP contribution in [-0.4, -0.2) is 51.2 Å². The Hall–Kier alpha value is -1.47. The average Bonchev–Trinajstić information content (AvgIpc) is 3.13. The summed E-state index contributed by atoms with van der Waals surface area (Å²) >= 11 is 1.65. The van der Waals surface area contributed by atoms with Crippen LogP contribution >= 0.6 is 11.3 Å². The summed E-state index contributed by atoms with van der Waals surface area (Å²) in [4.78, 5) is 9.35. The van der Waals surface area contributed by atoms with Crippen LogP contribution in [0.1, 0.15) is 43.0 Å². The van der Waals surface area contributed by atoms with Crippen LogP contribution in [0, 0.1) is 0 Å². The minimum absolute atomic E-state index is 0.342. The standard InChI is InChI=1S/C20H29N3O2S/c1-3-22(4-2)14-19-21-18(15-26-19)20(25)9-11-23(12-10-20)13-16-7-5-6-8-17(16)24/h5-8,15,24-25H,3-4,9-14H2,1-2H3. The van der Waals surface area contributed by atoms with E-state index in [1.165, 1.54) is 0 Å². The van der Waals surface area contributed by atoms with Crippen molar-refractivity contribution in [3.63, 3.8) is 0 Å². The molecule has 0 atom stereocenters. The number of aromatic nitrogens is 1. The lowest BCUT2D eigenvalue weighted by Crippen LogP contribution is -2.42. The maximum atomic E-state index is 11.1. The Bertz CT molecular complexity index is 707. The van der Waals surface area contributed by atoms with E-state index >= 15 is 0 Å². The summed E-state index contributed by atoms with van der Waals surface area (Å²) in [5, 5.41) is 24.1. The van der Waals surface area contributed by atoms with Crippen molar-refractivity contribution in [2.24, 2.45) is 0 Å². The molecule has 0 saturated carbocycles. The second kappa shape index (κ2) is 8.48. The van der Waals surface area contributed by atoms with Crippen LogP contribution in [0.25, 0.3) is 0 Å². The first kappa shape index (κ1) is 19.3. The topological polar surface area (TPSA) is 59.8 Å². The zero-order chi connectivity index (χ0) is 18.6. The van der Waals surface area contributed by atoms with Gasteiger partial charge in [-0.05, 0) is 32.0 Å². The molecule has 2 N–H and O–H groups in total. The van der Waals surface area contributed by atoms with Crippen molar-refractivity contribution in [2.45, 2.75) is 45.4 Å². The molecule has 1 aliphatic rings. The van der Waals surface area contributed by atoms with Crippen LogP contribution in [0.2, 0.25) is 0 Å². The maximum Gasteiger partial charge on any atom is 0.120 e. The smallest absolute Gasteiger partial charge is 0.120 e. The van der Waals surface area contributed by atoms with Crippen molar-refractivity contribution in [3.8, 4) is 5.75 Å². The van der Waals surface area contributed by atoms with Crippen LogP contribution in [0.3, 0.4) is 0 Å². The molecule has 6 heteroatoms. The molecule has 1 fully saturated rings. The zero-order valence-corrected chi connectivity index (χ0v) is 16.5. The SMILES string of the molecule is CCN(CC)Cc1nc(C2(O)CCN(Cc3ccccc3O)CC2)cs1. The summed E-state index contributed by atoms with van der Waals surface area (Å²) in [6.45, 7) is 9.51. The number of benzene rings is 1. The second-order valence-corrected chi connectivity index (χ2v) is 7.97. The molecule has 0 unspecified atom stereocenters. The van der Waals surface area contributed by atoms with Gasteiger partial charge in [0.1, 0.15) is 16.4 Å². The minimum Gasteiger partial charge on any atom is -0.508 e. The number of phenols is 1. The van der Waals surface area contributed by atoms with Gasteiger partial charge in [0, 0.05) is 30.6 Å². The second-order valence-electron chi connectivity index (χ2n) is 7.02. The molecule has 0 aliphatic carbocycles. The van der Waals surface area contributed by atoms with Crippen LogP contribution in [0.4, 0.5) is 0 Å². The molecule has 0 radical (unpaired) electrons. The van der Waals surface area contributed by atoms with Crippen molar-refractivity contribution in [1.29, 1.82) is 0 Å². The molecule has 3 rings (SSSR count). The van der Waals surface area contributed by atoms with Gasteiger partial charge in [0.2, 0.25) is 0 Å². The van der Waals surface area contributed by atoms with Gasteiger partial charge >= 0.3 is 0 Å². The predicted molar refractivity (Wildman–Crippen MR) is 105 cm³/mol. The fourth-order valence-electron chi connectivity index (χ4n) is 3.46. The van der Waals surface area contributed by atoms with Crippen LogP contribution in [0.5, 0.6) is 5.75 Å². The monoisotopic (exact) mass is 375 g/mol. The lowest BCUT2D eigenvalue weighted by atomic mass is 9.88. The molecule has 2 aromatic rings. The number of thiazole rings is 1. The third-order valence-corrected chi connectivity index (χ3v) is 6.18. The molecule has 1 aliphatic heterocycles. The Kier molecular flexibility index (Phi) is 6.29. The van der Waals surface area contributed by atoms with Gasteiger partial charge in [-0.15, -0.1) is 11.3 Å². The predicted octanol–water partition coefficient (Wildman–Crippen LogP) is 3.17. The van der Waals surface area contributed by atoms with Gasteiger partial charge in [0.05, 0.1) is 12.2 Å². The number of phenolic OH excluding ortho intramolecular Hbond substituents is 1. The highest BCUT2D eigenvalue weighted by Gasteiger charge is 2.36. The van der Waals surface area contributed by atoms with E-state index in [1.807, 2.05) is 23.6 Å². The van der Waals surface area contributed by atoms with Gasteiger partial charge < -0.3 is 10.2 Å². The van der Waals surface area contributed by atoms with Crippen molar-refractivity contribution >= 4 is 11.3 Å². The molecule has 0 amide bonds. The molecule has 0 bridgehead atoms. The molecule has 1 aromatic heterocycles. The Balaban J connectivity index is 1.59. The number of aliphatic hydroxyl groups is 1. The van der Waals surface area contributed by atoms with Crippen molar-refractivity contribution in [3.05, 3.63) is 45.9 Å². The normalized spacial score (nSPS) is 17.7. The number of aromatic hydroxyl groups is 1. The summed E-state index contributed by atoms with van der Waals surface area (Å²) in [5.41, 5.74) is 0.938. The molecule has 2 heterocycles. The quantitative estimate of drug-likeness (QED) is 0.778. The first-order chi connectivity index (χ1) is 12.5. The van der Waals surface area contributed by atoms with Gasteiger partial charge in [-0.1, -0.05) is 32.0 Å². The van der Waals surface area contributed by atoms with Gasteiger partial charge in [-0.3, -0.25) is 9.80 Å². The number of piperidine rings is 1. The molecular weight excluding hydrogens is 346 g/mol. The number of rotatable bonds is 7. The summed E-state index contributed by atoms with van der Waals surface area (Å²) < 4.78 is 0. The summed E-state index contributed by atoms with van der Waals surface area (Å²) in [5.74, 6) is 0.342. The van der Waals surface area contributed by atoms with Crippen molar-refractivity contribution in [1.82, 2.24) is 14.8 Å². The number of likely N-dealkylation sites (tertiary alicyclic amines) is 1. The van der Waals surface area contributed by atoms with E-state index in [0.717, 1.165) is 49.0 Å². The summed E-state index contributed by atoms with van der Waals surface area (Å²) in [6, 6.07) is 7.46. The fraction of sp³-hybridized carbons (Fsp3) is 0.550. The maximum absolute atomic E-state index is 11.1. The number of hydrogen-bond acceptors (Lipinski definition) is 6. The number of para-hydroxylation sites is 1. The van der Waals surface area contributed by atoms with Gasteiger partial charge in [0.25, 0.3) is 0 Å². The third kappa shape index (κ3) is 4.43. The summed E-state index contributed by atoms with van der Waals surface area (Å²) in [6.07, 6.45) is 1.35. The van der Waals surface area contributed by atoms with E-state index in [9.17, 15) is 10.2 Å². The Morgan fingerprint density at radius 3 is 2.54 bits per heavy atom. The Morgan fingerprint density at radius 1 is 1.19 bits per heavy atom. The molecule has 142 valence electrons. The van der Waals surface area contributed by atoms with E-state index in [2.05, 4.69) is 23.6 Å². The van der Waals surface area contributed by atoms with Gasteiger partial charge in [-0.25, -0.2) is 4.98 Å². The first-order valence-electron chi connectivity index (χ1n) is 9.43. The van der Waals surface area contributed by atoms with E-state index in [0.29, 0.717) is 25.1 Å². The Morgan fingerprint density at radius 2 is 1.88 bits per heavy atom. The zero-order valence-electron chi connectivity index (χ0n) is 15.7. The highest BCUT2D eigenvalue weighted by atomic mass is 32.1. The molecule has 0 spiro atoms. The molecule has 1 aromatic carbocycles. The highest BCUT2D eigenvalue weighted by Crippen LogP contribution is 2.34. The van der Waals surface area contributed by atoms with Crippen molar-refractivity contribution < 1.29 is 10.2 Å². The van der Waals surface area contributed by atoms with Gasteiger partial charge in [-0.2, -0.15) is 0 Å². The molecular formula is C20H29N3O2S. The average molecular weight is 376 g/mol. The van der Waals surface area contributed by atoms with E-state index in [-0.39, 0.29) is 0 Å². The number of hydrogen-bond donors (Lipinski definition) is 2. The lowest BCUT2D eigenvalue weighted by Gasteiger charge is -2.37. The molecule has 26 heavy (non-hydrogen) atoms. The lowest BCUT2D eigenvalue weighted by molar-refractivity contribution is -0.0308. The van der Waals surface area contributed by atoms with E-state index in [4.69, 9.17) is 4.98 Å². The fourth-order valence-corrected chi connectivity index (χ4v) is 4.39. The molecule has 5 nitrogen and oxygen atoms in total.